The zero-order chi connectivity index (χ0) is 24.3. The van der Waals surface area contributed by atoms with E-state index in [9.17, 15) is 23.1 Å². The molecule has 3 aromatic rings. The number of hydrogen-bond donors (Lipinski definition) is 2. The molecule has 1 aromatic heterocycles. The number of anilines is 2. The number of aromatic hydroxyl groups is 1. The predicted octanol–water partition coefficient (Wildman–Crippen LogP) is 4.21. The number of rotatable bonds is 10. The van der Waals surface area contributed by atoms with Crippen LogP contribution in [0.4, 0.5) is 24.5 Å². The normalized spacial score (nSPS) is 14.5. The Kier molecular flexibility index (Phi) is 6.99. The Balaban J connectivity index is 2.01. The van der Waals surface area contributed by atoms with Gasteiger partial charge in [-0.2, -0.15) is 0 Å². The van der Waals surface area contributed by atoms with E-state index in [1.54, 1.807) is 36.1 Å². The Morgan fingerprint density at radius 2 is 1.76 bits per heavy atom. The van der Waals surface area contributed by atoms with Crippen LogP contribution < -0.4 is 15.2 Å². The number of halogens is 3. The lowest BCUT2D eigenvalue weighted by Gasteiger charge is -2.40. The lowest BCUT2D eigenvalue weighted by Crippen LogP contribution is -2.50. The van der Waals surface area contributed by atoms with E-state index in [-0.39, 0.29) is 37.7 Å². The van der Waals surface area contributed by atoms with E-state index in [2.05, 4.69) is 4.98 Å². The molecule has 1 aliphatic rings. The molecule has 0 unspecified atom stereocenters. The van der Waals surface area contributed by atoms with Crippen LogP contribution in [0.1, 0.15) is 11.1 Å². The molecule has 0 fully saturated rings. The molecular formula is C24H25F3N2O5. The van der Waals surface area contributed by atoms with Crippen molar-refractivity contribution in [1.29, 1.82) is 0 Å². The van der Waals surface area contributed by atoms with E-state index < -0.39 is 31.5 Å². The molecule has 10 heteroatoms. The number of alkyl halides is 3. The average molecular weight is 478 g/mol. The zero-order valence-corrected chi connectivity index (χ0v) is 18.6. The van der Waals surface area contributed by atoms with E-state index in [1.165, 1.54) is 12.1 Å². The third-order valence-corrected chi connectivity index (χ3v) is 5.61. The Hall–Kier alpha value is -3.24. The number of pyridine rings is 1. The molecule has 2 N–H and O–H groups in total. The first-order valence-corrected chi connectivity index (χ1v) is 10.8. The van der Waals surface area contributed by atoms with Gasteiger partial charge < -0.3 is 24.3 Å². The molecule has 0 saturated carbocycles. The summed E-state index contributed by atoms with van der Waals surface area (Å²) in [6.45, 7) is -1.50. The van der Waals surface area contributed by atoms with Crippen molar-refractivity contribution in [2.24, 2.45) is 0 Å². The molecular weight excluding hydrogens is 453 g/mol. The number of aromatic amines is 1. The van der Waals surface area contributed by atoms with Crippen molar-refractivity contribution in [2.45, 2.75) is 19.3 Å². The topological polar surface area (TPSA) is 84.0 Å². The second-order valence-electron chi connectivity index (χ2n) is 7.77. The maximum absolute atomic E-state index is 13.2. The molecule has 7 nitrogen and oxygen atoms in total. The van der Waals surface area contributed by atoms with Crippen LogP contribution in [-0.4, -0.2) is 55.8 Å². The van der Waals surface area contributed by atoms with Crippen LogP contribution >= 0.6 is 0 Å². The minimum Gasteiger partial charge on any atom is -0.508 e. The highest BCUT2D eigenvalue weighted by molar-refractivity contribution is 6.00. The first kappa shape index (κ1) is 23.9. The summed E-state index contributed by atoms with van der Waals surface area (Å²) in [7, 11) is 0. The first-order valence-electron chi connectivity index (χ1n) is 10.8. The van der Waals surface area contributed by atoms with Gasteiger partial charge in [-0.25, -0.2) is 13.2 Å². The number of nitrogens with one attached hydrogen (secondary N) is 1. The van der Waals surface area contributed by atoms with Crippen LogP contribution in [0, 0.1) is 6.92 Å². The lowest BCUT2D eigenvalue weighted by molar-refractivity contribution is -0.229. The molecule has 0 amide bonds. The van der Waals surface area contributed by atoms with E-state index >= 15 is 0 Å². The number of benzene rings is 2. The number of aromatic nitrogens is 1. The number of phenols is 1. The van der Waals surface area contributed by atoms with Gasteiger partial charge in [-0.05, 0) is 36.8 Å². The number of aryl methyl sites for hydroxylation is 1. The van der Waals surface area contributed by atoms with Crippen LogP contribution in [0.2, 0.25) is 0 Å². The molecule has 4 rings (SSSR count). The van der Waals surface area contributed by atoms with Gasteiger partial charge >= 0.3 is 0 Å². The monoisotopic (exact) mass is 478 g/mol. The van der Waals surface area contributed by atoms with Crippen LogP contribution in [0.25, 0.3) is 10.9 Å². The Bertz CT molecular complexity index is 1230. The number of phenolic OH excluding ortho intramolecular Hbond substituents is 1. The maximum Gasteiger partial charge on any atom is 0.260 e. The van der Waals surface area contributed by atoms with Gasteiger partial charge in [0.15, 0.2) is 0 Å². The van der Waals surface area contributed by atoms with Gasteiger partial charge in [0, 0.05) is 16.6 Å². The fourth-order valence-electron chi connectivity index (χ4n) is 4.34. The Labute approximate surface area is 193 Å². The summed E-state index contributed by atoms with van der Waals surface area (Å²) in [5, 5.41) is 10.5. The van der Waals surface area contributed by atoms with Crippen molar-refractivity contribution in [1.82, 2.24) is 4.98 Å². The molecule has 0 radical (unpaired) electrons. The predicted molar refractivity (Wildman–Crippen MR) is 121 cm³/mol. The molecule has 2 heterocycles. The lowest BCUT2D eigenvalue weighted by atomic mass is 10.1. The van der Waals surface area contributed by atoms with Gasteiger partial charge in [-0.15, -0.1) is 0 Å². The van der Waals surface area contributed by atoms with Gasteiger partial charge in [0.2, 0.25) is 0 Å². The molecule has 0 saturated heterocycles. The van der Waals surface area contributed by atoms with Gasteiger partial charge in [0.05, 0.1) is 30.8 Å². The standard InChI is InChI=1S/C24H25F3N2O5/c1-15-13-16(30)5-6-19(15)29-22-17-3-2-4-20(32-10-7-25)21(17)28-23(31)18(22)14-24(29,33-11-8-26)34-12-9-27/h2-6,13,30H,7-12,14H2,1H3,(H,28,31). The molecule has 0 atom stereocenters. The van der Waals surface area contributed by atoms with Crippen molar-refractivity contribution in [3.05, 3.63) is 57.9 Å². The van der Waals surface area contributed by atoms with Crippen LogP contribution in [0.3, 0.4) is 0 Å². The van der Waals surface area contributed by atoms with E-state index in [0.29, 0.717) is 33.4 Å². The number of H-pyrrole nitrogens is 1. The quantitative estimate of drug-likeness (QED) is 0.425. The molecule has 0 bridgehead atoms. The highest BCUT2D eigenvalue weighted by Gasteiger charge is 2.50. The number of nitrogens with zero attached hydrogens (tertiary/aromatic N) is 1. The first-order chi connectivity index (χ1) is 16.5. The summed E-state index contributed by atoms with van der Waals surface area (Å²) < 4.78 is 56.3. The summed E-state index contributed by atoms with van der Waals surface area (Å²) >= 11 is 0. The van der Waals surface area contributed by atoms with E-state index in [1.807, 2.05) is 0 Å². The van der Waals surface area contributed by atoms with Crippen molar-refractivity contribution >= 4 is 22.3 Å². The molecule has 1 aliphatic heterocycles. The van der Waals surface area contributed by atoms with Crippen LogP contribution in [-0.2, 0) is 15.9 Å². The second-order valence-corrected chi connectivity index (χ2v) is 7.77. The van der Waals surface area contributed by atoms with Crippen LogP contribution in [0.5, 0.6) is 11.5 Å². The number of fused-ring (bicyclic) bond motifs is 3. The van der Waals surface area contributed by atoms with Gasteiger partial charge in [-0.3, -0.25) is 9.69 Å². The number of hydrogen-bond acceptors (Lipinski definition) is 6. The Morgan fingerprint density at radius 1 is 1.06 bits per heavy atom. The maximum atomic E-state index is 13.2. The fraction of sp³-hybridized carbons (Fsp3) is 0.375. The smallest absolute Gasteiger partial charge is 0.260 e. The molecule has 34 heavy (non-hydrogen) atoms. The van der Waals surface area contributed by atoms with E-state index in [4.69, 9.17) is 14.2 Å². The zero-order valence-electron chi connectivity index (χ0n) is 18.6. The van der Waals surface area contributed by atoms with E-state index in [0.717, 1.165) is 0 Å². The minimum absolute atomic E-state index is 0.0262. The molecule has 0 aliphatic carbocycles. The van der Waals surface area contributed by atoms with Crippen molar-refractivity contribution in [3.8, 4) is 11.5 Å². The van der Waals surface area contributed by atoms with Gasteiger partial charge in [-0.1, -0.05) is 12.1 Å². The molecule has 0 spiro atoms. The summed E-state index contributed by atoms with van der Waals surface area (Å²) in [5.41, 5.74) is 1.71. The van der Waals surface area contributed by atoms with Gasteiger partial charge in [0.25, 0.3) is 11.5 Å². The van der Waals surface area contributed by atoms with Crippen LogP contribution in [0.15, 0.2) is 41.2 Å². The third kappa shape index (κ3) is 4.19. The largest absolute Gasteiger partial charge is 0.508 e. The second kappa shape index (κ2) is 9.94. The van der Waals surface area contributed by atoms with Crippen molar-refractivity contribution in [3.63, 3.8) is 0 Å². The minimum atomic E-state index is -1.71. The molecule has 182 valence electrons. The fourth-order valence-corrected chi connectivity index (χ4v) is 4.34. The number of ether oxygens (including phenoxy) is 3. The third-order valence-electron chi connectivity index (χ3n) is 5.61. The van der Waals surface area contributed by atoms with Crippen molar-refractivity contribution in [2.75, 3.05) is 44.7 Å². The van der Waals surface area contributed by atoms with Crippen molar-refractivity contribution < 1.29 is 32.5 Å². The Morgan fingerprint density at radius 3 is 2.41 bits per heavy atom. The highest BCUT2D eigenvalue weighted by Crippen LogP contribution is 2.49. The number of para-hydroxylation sites is 1. The highest BCUT2D eigenvalue weighted by atomic mass is 19.1. The SMILES string of the molecule is Cc1cc(O)ccc1N1c2c(c(=O)[nH]c3c(OCCF)cccc23)CC1(OCCF)OCCF. The summed E-state index contributed by atoms with van der Waals surface area (Å²) in [6.07, 6.45) is -0.108. The summed E-state index contributed by atoms with van der Waals surface area (Å²) in [5.74, 6) is -1.40. The average Bonchev–Trinajstić information content (AvgIpc) is 3.16. The molecule has 2 aromatic carbocycles. The van der Waals surface area contributed by atoms with Gasteiger partial charge in [0.1, 0.15) is 38.1 Å². The summed E-state index contributed by atoms with van der Waals surface area (Å²) in [6, 6.07) is 9.64. The summed E-state index contributed by atoms with van der Waals surface area (Å²) in [4.78, 5) is 17.6.